The maximum atomic E-state index is 8.66. The molecule has 0 aliphatic carbocycles. The third-order valence-corrected chi connectivity index (χ3v) is 4.22. The summed E-state index contributed by atoms with van der Waals surface area (Å²) in [4.78, 5) is 0. The number of rotatable bonds is 8. The predicted octanol–water partition coefficient (Wildman–Crippen LogP) is 3.76. The minimum Gasteiger partial charge on any atom is -0.396 e. The van der Waals surface area contributed by atoms with Crippen LogP contribution in [0, 0.1) is 0 Å². The van der Waals surface area contributed by atoms with Crippen molar-refractivity contribution >= 4 is 35.0 Å². The summed E-state index contributed by atoms with van der Waals surface area (Å²) in [5, 5.41) is 13.5. The summed E-state index contributed by atoms with van der Waals surface area (Å²) in [6, 6.07) is 5.72. The summed E-state index contributed by atoms with van der Waals surface area (Å²) in [7, 11) is 0. The molecule has 0 bridgehead atoms. The van der Waals surface area contributed by atoms with Gasteiger partial charge in [0.05, 0.1) is 0 Å². The standard InChI is InChI=1S/C13H19Cl2NOS/c1-10(16-5-8-18-7-2-6-17)12-9-11(14)3-4-13(12)15/h3-4,9-10,16-17H,2,5-8H2,1H3. The van der Waals surface area contributed by atoms with Gasteiger partial charge in [0.15, 0.2) is 0 Å². The zero-order valence-corrected chi connectivity index (χ0v) is 12.8. The molecular formula is C13H19Cl2NOS. The smallest absolute Gasteiger partial charge is 0.0454 e. The van der Waals surface area contributed by atoms with E-state index in [0.717, 1.165) is 35.1 Å². The normalized spacial score (nSPS) is 12.7. The Morgan fingerprint density at radius 1 is 1.33 bits per heavy atom. The first-order chi connectivity index (χ1) is 8.65. The van der Waals surface area contributed by atoms with E-state index < -0.39 is 0 Å². The van der Waals surface area contributed by atoms with Gasteiger partial charge in [-0.05, 0) is 42.9 Å². The number of thioether (sulfide) groups is 1. The Kier molecular flexibility index (Phi) is 8.11. The number of aliphatic hydroxyl groups is 1. The average molecular weight is 308 g/mol. The van der Waals surface area contributed by atoms with Crippen LogP contribution < -0.4 is 5.32 Å². The molecule has 1 aromatic rings. The van der Waals surface area contributed by atoms with Crippen molar-refractivity contribution in [2.24, 2.45) is 0 Å². The Bertz CT molecular complexity index is 363. The molecule has 0 spiro atoms. The van der Waals surface area contributed by atoms with Crippen molar-refractivity contribution in [1.82, 2.24) is 5.32 Å². The highest BCUT2D eigenvalue weighted by Crippen LogP contribution is 2.26. The molecule has 0 aliphatic heterocycles. The summed E-state index contributed by atoms with van der Waals surface area (Å²) in [6.45, 7) is 3.27. The number of hydrogen-bond acceptors (Lipinski definition) is 3. The zero-order valence-electron chi connectivity index (χ0n) is 10.5. The average Bonchev–Trinajstić information content (AvgIpc) is 2.36. The molecule has 0 saturated carbocycles. The van der Waals surface area contributed by atoms with Gasteiger partial charge in [-0.1, -0.05) is 23.2 Å². The van der Waals surface area contributed by atoms with Crippen LogP contribution in [0.2, 0.25) is 10.0 Å². The van der Waals surface area contributed by atoms with Crippen LogP contribution in [0.5, 0.6) is 0 Å². The molecule has 0 saturated heterocycles. The van der Waals surface area contributed by atoms with E-state index in [4.69, 9.17) is 28.3 Å². The molecule has 1 aromatic carbocycles. The largest absolute Gasteiger partial charge is 0.396 e. The molecule has 1 unspecified atom stereocenters. The van der Waals surface area contributed by atoms with Crippen molar-refractivity contribution in [3.8, 4) is 0 Å². The fourth-order valence-corrected chi connectivity index (χ4v) is 2.83. The van der Waals surface area contributed by atoms with E-state index >= 15 is 0 Å². The molecule has 1 rings (SSSR count). The van der Waals surface area contributed by atoms with Crippen molar-refractivity contribution in [2.75, 3.05) is 24.7 Å². The quantitative estimate of drug-likeness (QED) is 0.717. The Labute approximate surface area is 123 Å². The maximum absolute atomic E-state index is 8.66. The Morgan fingerprint density at radius 3 is 2.83 bits per heavy atom. The Balaban J connectivity index is 2.31. The van der Waals surface area contributed by atoms with E-state index in [1.807, 2.05) is 23.9 Å². The van der Waals surface area contributed by atoms with E-state index in [9.17, 15) is 0 Å². The molecule has 0 heterocycles. The number of hydrogen-bond donors (Lipinski definition) is 2. The van der Waals surface area contributed by atoms with E-state index in [0.29, 0.717) is 5.02 Å². The second-order valence-electron chi connectivity index (χ2n) is 4.03. The van der Waals surface area contributed by atoms with Crippen LogP contribution in [-0.4, -0.2) is 29.8 Å². The van der Waals surface area contributed by atoms with Crippen LogP contribution in [0.25, 0.3) is 0 Å². The highest BCUT2D eigenvalue weighted by molar-refractivity contribution is 7.99. The summed E-state index contributed by atoms with van der Waals surface area (Å²) in [5.74, 6) is 2.03. The molecule has 18 heavy (non-hydrogen) atoms. The molecule has 0 radical (unpaired) electrons. The van der Waals surface area contributed by atoms with Gasteiger partial charge >= 0.3 is 0 Å². The number of benzene rings is 1. The van der Waals surface area contributed by atoms with Gasteiger partial charge in [-0.15, -0.1) is 0 Å². The van der Waals surface area contributed by atoms with E-state index in [2.05, 4.69) is 12.2 Å². The number of aliphatic hydroxyl groups excluding tert-OH is 1. The van der Waals surface area contributed by atoms with Crippen molar-refractivity contribution < 1.29 is 5.11 Å². The number of halogens is 2. The van der Waals surface area contributed by atoms with E-state index in [-0.39, 0.29) is 12.6 Å². The third kappa shape index (κ3) is 5.81. The molecule has 5 heteroatoms. The maximum Gasteiger partial charge on any atom is 0.0454 e. The van der Waals surface area contributed by atoms with Crippen molar-refractivity contribution in [3.05, 3.63) is 33.8 Å². The van der Waals surface area contributed by atoms with E-state index in [1.165, 1.54) is 0 Å². The zero-order chi connectivity index (χ0) is 13.4. The van der Waals surface area contributed by atoms with Crippen molar-refractivity contribution in [2.45, 2.75) is 19.4 Å². The summed E-state index contributed by atoms with van der Waals surface area (Å²) in [5.41, 5.74) is 1.03. The molecule has 2 nitrogen and oxygen atoms in total. The van der Waals surface area contributed by atoms with Crippen LogP contribution >= 0.6 is 35.0 Å². The van der Waals surface area contributed by atoms with Crippen LogP contribution in [0.3, 0.4) is 0 Å². The molecule has 2 N–H and O–H groups in total. The topological polar surface area (TPSA) is 32.3 Å². The second-order valence-corrected chi connectivity index (χ2v) is 6.10. The lowest BCUT2D eigenvalue weighted by molar-refractivity contribution is 0.296. The fraction of sp³-hybridized carbons (Fsp3) is 0.538. The van der Waals surface area contributed by atoms with Gasteiger partial charge in [-0.3, -0.25) is 0 Å². The first-order valence-electron chi connectivity index (χ1n) is 6.02. The lowest BCUT2D eigenvalue weighted by Crippen LogP contribution is -2.21. The lowest BCUT2D eigenvalue weighted by Gasteiger charge is -2.15. The summed E-state index contributed by atoms with van der Waals surface area (Å²) < 4.78 is 0. The van der Waals surface area contributed by atoms with Crippen LogP contribution in [-0.2, 0) is 0 Å². The summed E-state index contributed by atoms with van der Waals surface area (Å²) >= 11 is 13.9. The molecule has 1 atom stereocenters. The molecule has 102 valence electrons. The van der Waals surface area contributed by atoms with Crippen LogP contribution in [0.1, 0.15) is 24.9 Å². The second kappa shape index (κ2) is 9.05. The molecule has 0 amide bonds. The van der Waals surface area contributed by atoms with Crippen LogP contribution in [0.15, 0.2) is 18.2 Å². The third-order valence-electron chi connectivity index (χ3n) is 2.57. The monoisotopic (exact) mass is 307 g/mol. The predicted molar refractivity (Wildman–Crippen MR) is 81.9 cm³/mol. The lowest BCUT2D eigenvalue weighted by atomic mass is 10.1. The minimum atomic E-state index is 0.189. The van der Waals surface area contributed by atoms with Gasteiger partial charge in [-0.2, -0.15) is 11.8 Å². The van der Waals surface area contributed by atoms with Gasteiger partial charge in [0.2, 0.25) is 0 Å². The minimum absolute atomic E-state index is 0.189. The molecule has 0 aliphatic rings. The highest BCUT2D eigenvalue weighted by Gasteiger charge is 2.09. The van der Waals surface area contributed by atoms with Gasteiger partial charge in [0, 0.05) is 35.0 Å². The Hall–Kier alpha value is 0.0700. The first-order valence-corrected chi connectivity index (χ1v) is 7.93. The highest BCUT2D eigenvalue weighted by atomic mass is 35.5. The Morgan fingerprint density at radius 2 is 2.11 bits per heavy atom. The van der Waals surface area contributed by atoms with Gasteiger partial charge in [0.25, 0.3) is 0 Å². The molecule has 0 aromatic heterocycles. The fourth-order valence-electron chi connectivity index (χ4n) is 1.57. The van der Waals surface area contributed by atoms with Gasteiger partial charge < -0.3 is 10.4 Å². The van der Waals surface area contributed by atoms with Gasteiger partial charge in [0.1, 0.15) is 0 Å². The van der Waals surface area contributed by atoms with E-state index in [1.54, 1.807) is 6.07 Å². The molecular weight excluding hydrogens is 289 g/mol. The van der Waals surface area contributed by atoms with Crippen molar-refractivity contribution in [3.63, 3.8) is 0 Å². The SMILES string of the molecule is CC(NCCSCCCO)c1cc(Cl)ccc1Cl. The first kappa shape index (κ1) is 16.1. The number of nitrogens with one attached hydrogen (secondary N) is 1. The van der Waals surface area contributed by atoms with Crippen molar-refractivity contribution in [1.29, 1.82) is 0 Å². The van der Waals surface area contributed by atoms with Gasteiger partial charge in [-0.25, -0.2) is 0 Å². The summed E-state index contributed by atoms with van der Waals surface area (Å²) in [6.07, 6.45) is 0.861. The van der Waals surface area contributed by atoms with Crippen LogP contribution in [0.4, 0.5) is 0 Å². The molecule has 0 fully saturated rings.